The van der Waals surface area contributed by atoms with Crippen LogP contribution in [0.25, 0.3) is 6.08 Å². The lowest BCUT2D eigenvalue weighted by molar-refractivity contribution is 0.00578. The van der Waals surface area contributed by atoms with E-state index in [2.05, 4.69) is 10.3 Å². The van der Waals surface area contributed by atoms with Crippen LogP contribution in [0, 0.1) is 0 Å². The van der Waals surface area contributed by atoms with Gasteiger partial charge in [0.05, 0.1) is 11.2 Å². The van der Waals surface area contributed by atoms with E-state index in [-0.39, 0.29) is 18.9 Å². The Bertz CT molecular complexity index is 988. The lowest BCUT2D eigenvalue weighted by Gasteiger charge is -2.32. The van der Waals surface area contributed by atoms with Crippen molar-refractivity contribution in [2.75, 3.05) is 6.54 Å². The number of carbonyl (C=O) groups is 2. The predicted molar refractivity (Wildman–Crippen MR) is 123 cm³/mol. The molecule has 7 nitrogen and oxygen atoms in total. The highest BCUT2D eigenvalue weighted by atomic mass is 16.7. The van der Waals surface area contributed by atoms with Gasteiger partial charge in [0.2, 0.25) is 0 Å². The summed E-state index contributed by atoms with van der Waals surface area (Å²) in [6.45, 7) is 9.66. The Kier molecular flexibility index (Phi) is 7.16. The number of nitrogens with zero attached hydrogens (tertiary/aromatic N) is 1. The van der Waals surface area contributed by atoms with Crippen LogP contribution in [0.1, 0.15) is 56.1 Å². The molecule has 1 saturated heterocycles. The third kappa shape index (κ3) is 5.84. The topological polar surface area (TPSA) is 86.8 Å². The van der Waals surface area contributed by atoms with E-state index in [4.69, 9.17) is 14.0 Å². The molecule has 0 radical (unpaired) electrons. The SMILES string of the molecule is CC(=O)c1cncc(C=C(CNC(=O)OCc2ccccc2)B2OC(C)(C)C(C)(C)O2)c1. The lowest BCUT2D eigenvalue weighted by Crippen LogP contribution is -2.41. The maximum Gasteiger partial charge on any atom is 0.492 e. The molecular formula is C24H29BN2O5. The number of hydrogen-bond donors (Lipinski definition) is 1. The molecule has 0 aliphatic carbocycles. The molecule has 8 heteroatoms. The molecule has 0 bridgehead atoms. The zero-order valence-electron chi connectivity index (χ0n) is 19.2. The molecule has 168 valence electrons. The minimum atomic E-state index is -0.671. The second-order valence-electron chi connectivity index (χ2n) is 8.79. The second kappa shape index (κ2) is 9.67. The number of rotatable bonds is 7. The summed E-state index contributed by atoms with van der Waals surface area (Å²) < 4.78 is 17.6. The minimum Gasteiger partial charge on any atom is -0.445 e. The number of benzene rings is 1. The number of aromatic nitrogens is 1. The summed E-state index contributed by atoms with van der Waals surface area (Å²) in [5.74, 6) is -0.0763. The van der Waals surface area contributed by atoms with E-state index < -0.39 is 24.4 Å². The van der Waals surface area contributed by atoms with Gasteiger partial charge >= 0.3 is 13.2 Å². The van der Waals surface area contributed by atoms with Crippen LogP contribution in [0.5, 0.6) is 0 Å². The summed E-state index contributed by atoms with van der Waals surface area (Å²) in [7, 11) is -0.671. The van der Waals surface area contributed by atoms with Crippen molar-refractivity contribution in [3.63, 3.8) is 0 Å². The fourth-order valence-corrected chi connectivity index (χ4v) is 3.09. The summed E-state index contributed by atoms with van der Waals surface area (Å²) >= 11 is 0. The fraction of sp³-hybridized carbons (Fsp3) is 0.375. The number of carbonyl (C=O) groups excluding carboxylic acids is 2. The number of alkyl carbamates (subject to hydrolysis) is 1. The molecule has 2 heterocycles. The van der Waals surface area contributed by atoms with Crippen molar-refractivity contribution in [3.05, 3.63) is 71.0 Å². The summed E-state index contributed by atoms with van der Waals surface area (Å²) in [6.07, 6.45) is 4.43. The van der Waals surface area contributed by atoms with E-state index in [9.17, 15) is 9.59 Å². The molecular weight excluding hydrogens is 407 g/mol. The first-order valence-electron chi connectivity index (χ1n) is 10.5. The average Bonchev–Trinajstić information content (AvgIpc) is 2.97. The lowest BCUT2D eigenvalue weighted by atomic mass is 9.77. The number of nitrogens with one attached hydrogen (secondary N) is 1. The van der Waals surface area contributed by atoms with Crippen molar-refractivity contribution in [1.82, 2.24) is 10.3 Å². The van der Waals surface area contributed by atoms with Gasteiger partial charge in [0.25, 0.3) is 0 Å². The molecule has 0 atom stereocenters. The van der Waals surface area contributed by atoms with Crippen LogP contribution < -0.4 is 5.32 Å². The molecule has 1 aromatic carbocycles. The van der Waals surface area contributed by atoms with Gasteiger partial charge in [-0.15, -0.1) is 0 Å². The van der Waals surface area contributed by atoms with E-state index in [0.29, 0.717) is 16.6 Å². The van der Waals surface area contributed by atoms with Gasteiger partial charge in [-0.2, -0.15) is 0 Å². The van der Waals surface area contributed by atoms with Crippen LogP contribution in [-0.2, 0) is 20.7 Å². The van der Waals surface area contributed by atoms with Crippen molar-refractivity contribution in [1.29, 1.82) is 0 Å². The summed E-state index contributed by atoms with van der Waals surface area (Å²) in [5, 5.41) is 2.77. The van der Waals surface area contributed by atoms with Gasteiger partial charge in [0.15, 0.2) is 5.78 Å². The zero-order valence-corrected chi connectivity index (χ0v) is 19.2. The van der Waals surface area contributed by atoms with Crippen LogP contribution in [0.15, 0.2) is 54.3 Å². The Hall–Kier alpha value is -2.97. The monoisotopic (exact) mass is 436 g/mol. The van der Waals surface area contributed by atoms with Gasteiger partial charge in [0, 0.05) is 24.5 Å². The quantitative estimate of drug-likeness (QED) is 0.517. The largest absolute Gasteiger partial charge is 0.492 e. The number of hydrogen-bond acceptors (Lipinski definition) is 6. The molecule has 3 rings (SSSR count). The smallest absolute Gasteiger partial charge is 0.445 e. The van der Waals surface area contributed by atoms with Crippen molar-refractivity contribution < 1.29 is 23.6 Å². The fourth-order valence-electron chi connectivity index (χ4n) is 3.09. The Morgan fingerprint density at radius 3 is 2.38 bits per heavy atom. The molecule has 0 spiro atoms. The first kappa shape index (κ1) is 23.7. The molecule has 32 heavy (non-hydrogen) atoms. The van der Waals surface area contributed by atoms with Gasteiger partial charge in [-0.05, 0) is 57.3 Å². The Morgan fingerprint density at radius 2 is 1.75 bits per heavy atom. The number of ketones is 1. The Balaban J connectivity index is 1.76. The van der Waals surface area contributed by atoms with E-state index in [1.54, 1.807) is 12.3 Å². The predicted octanol–water partition coefficient (Wildman–Crippen LogP) is 4.23. The van der Waals surface area contributed by atoms with Crippen molar-refractivity contribution >= 4 is 25.1 Å². The number of amides is 1. The third-order valence-electron chi connectivity index (χ3n) is 5.72. The molecule has 1 fully saturated rings. The van der Waals surface area contributed by atoms with E-state index in [1.165, 1.54) is 13.1 Å². The molecule has 1 aliphatic heterocycles. The van der Waals surface area contributed by atoms with Crippen LogP contribution in [0.4, 0.5) is 4.79 Å². The van der Waals surface area contributed by atoms with Crippen LogP contribution >= 0.6 is 0 Å². The number of Topliss-reactive ketones (excluding diaryl/α,β-unsaturated/α-hetero) is 1. The first-order chi connectivity index (χ1) is 15.1. The first-order valence-corrected chi connectivity index (χ1v) is 10.5. The molecule has 2 aromatic rings. The molecule has 1 N–H and O–H groups in total. The summed E-state index contributed by atoms with van der Waals surface area (Å²) in [4.78, 5) is 28.2. The number of ether oxygens (including phenoxy) is 1. The zero-order chi connectivity index (χ0) is 23.4. The highest BCUT2D eigenvalue weighted by Crippen LogP contribution is 2.38. The molecule has 0 unspecified atom stereocenters. The van der Waals surface area contributed by atoms with Gasteiger partial charge in [-0.25, -0.2) is 4.79 Å². The highest BCUT2D eigenvalue weighted by molar-refractivity contribution is 6.56. The molecule has 1 amide bonds. The molecule has 1 aliphatic rings. The van der Waals surface area contributed by atoms with Crippen molar-refractivity contribution in [2.45, 2.75) is 52.4 Å². The van der Waals surface area contributed by atoms with E-state index >= 15 is 0 Å². The molecule has 1 aromatic heterocycles. The van der Waals surface area contributed by atoms with Crippen LogP contribution in [-0.4, -0.2) is 41.7 Å². The minimum absolute atomic E-state index is 0.0763. The standard InChI is InChI=1S/C24H29BN2O5/c1-17(28)20-11-19(13-26-14-20)12-21(25-31-23(2,3)24(4,5)32-25)15-27-22(29)30-16-18-9-7-6-8-10-18/h6-14H,15-16H2,1-5H3,(H,27,29). The van der Waals surface area contributed by atoms with Gasteiger partial charge in [-0.1, -0.05) is 36.4 Å². The Morgan fingerprint density at radius 1 is 1.09 bits per heavy atom. The van der Waals surface area contributed by atoms with Crippen molar-refractivity contribution in [3.8, 4) is 0 Å². The third-order valence-corrected chi connectivity index (χ3v) is 5.72. The maximum atomic E-state index is 12.3. The highest BCUT2D eigenvalue weighted by Gasteiger charge is 2.52. The normalized spacial score (nSPS) is 17.2. The van der Waals surface area contributed by atoms with Crippen molar-refractivity contribution in [2.24, 2.45) is 0 Å². The van der Waals surface area contributed by atoms with Crippen LogP contribution in [0.3, 0.4) is 0 Å². The second-order valence-corrected chi connectivity index (χ2v) is 8.79. The van der Waals surface area contributed by atoms with Gasteiger partial charge in [-0.3, -0.25) is 9.78 Å². The van der Waals surface area contributed by atoms with Gasteiger partial charge < -0.3 is 19.4 Å². The van der Waals surface area contributed by atoms with Crippen LogP contribution in [0.2, 0.25) is 0 Å². The average molecular weight is 436 g/mol. The summed E-state index contributed by atoms with van der Waals surface area (Å²) in [6, 6.07) is 11.2. The number of pyridine rings is 1. The molecule has 0 saturated carbocycles. The van der Waals surface area contributed by atoms with E-state index in [0.717, 1.165) is 5.56 Å². The van der Waals surface area contributed by atoms with E-state index in [1.807, 2.05) is 64.1 Å². The maximum absolute atomic E-state index is 12.3. The Labute approximate surface area is 189 Å². The summed E-state index contributed by atoms with van der Waals surface area (Å²) in [5.41, 5.74) is 1.72. The van der Waals surface area contributed by atoms with Gasteiger partial charge in [0.1, 0.15) is 6.61 Å².